The van der Waals surface area contributed by atoms with Gasteiger partial charge >= 0.3 is 6.18 Å². The molecule has 0 aliphatic carbocycles. The fraction of sp³-hybridized carbons (Fsp3) is 0.333. The first-order valence-electron chi connectivity index (χ1n) is 4.10. The van der Waals surface area contributed by atoms with E-state index in [1.165, 1.54) is 6.20 Å². The molecule has 1 aromatic rings. The molecule has 0 atom stereocenters. The number of aromatic nitrogens is 1. The monoisotopic (exact) mass is 215 g/mol. The van der Waals surface area contributed by atoms with E-state index in [-0.39, 0.29) is 11.4 Å². The molecule has 0 aliphatic rings. The molecule has 1 rings (SSSR count). The fourth-order valence-corrected chi connectivity index (χ4v) is 1.02. The zero-order chi connectivity index (χ0) is 11.5. The SMILES string of the molecule is Cc1ccnc(NCC(F)(F)F)c1C#N. The molecule has 0 spiro atoms. The average molecular weight is 215 g/mol. The summed E-state index contributed by atoms with van der Waals surface area (Å²) in [6.45, 7) is 0.442. The number of halogens is 3. The molecule has 0 aliphatic heterocycles. The number of nitriles is 1. The van der Waals surface area contributed by atoms with Gasteiger partial charge in [0.2, 0.25) is 0 Å². The van der Waals surface area contributed by atoms with E-state index in [9.17, 15) is 13.2 Å². The smallest absolute Gasteiger partial charge is 0.360 e. The number of pyridine rings is 1. The van der Waals surface area contributed by atoms with Gasteiger partial charge in [0.05, 0.1) is 5.56 Å². The molecular formula is C9H8F3N3. The number of aryl methyl sites for hydroxylation is 1. The van der Waals surface area contributed by atoms with Crippen molar-refractivity contribution in [1.29, 1.82) is 5.26 Å². The lowest BCUT2D eigenvalue weighted by Gasteiger charge is -2.10. The summed E-state index contributed by atoms with van der Waals surface area (Å²) in [5.74, 6) is -0.0326. The number of rotatable bonds is 2. The maximum absolute atomic E-state index is 11.9. The number of nitrogens with zero attached hydrogens (tertiary/aromatic N) is 2. The Labute approximate surface area is 84.5 Å². The highest BCUT2D eigenvalue weighted by atomic mass is 19.4. The van der Waals surface area contributed by atoms with Crippen LogP contribution in [0.25, 0.3) is 0 Å². The minimum atomic E-state index is -4.32. The van der Waals surface area contributed by atoms with Gasteiger partial charge in [-0.2, -0.15) is 18.4 Å². The second-order valence-electron chi connectivity index (χ2n) is 2.93. The maximum Gasteiger partial charge on any atom is 0.405 e. The van der Waals surface area contributed by atoms with Crippen LogP contribution in [-0.2, 0) is 0 Å². The van der Waals surface area contributed by atoms with Crippen LogP contribution in [0.2, 0.25) is 0 Å². The van der Waals surface area contributed by atoms with Crippen LogP contribution in [-0.4, -0.2) is 17.7 Å². The van der Waals surface area contributed by atoms with Crippen LogP contribution in [0, 0.1) is 18.3 Å². The largest absolute Gasteiger partial charge is 0.405 e. The van der Waals surface area contributed by atoms with Crippen molar-refractivity contribution in [2.24, 2.45) is 0 Å². The minimum absolute atomic E-state index is 0.0326. The summed E-state index contributed by atoms with van der Waals surface area (Å²) >= 11 is 0. The topological polar surface area (TPSA) is 48.7 Å². The van der Waals surface area contributed by atoms with Gasteiger partial charge in [0.1, 0.15) is 18.4 Å². The van der Waals surface area contributed by atoms with Crippen molar-refractivity contribution < 1.29 is 13.2 Å². The third kappa shape index (κ3) is 3.13. The molecule has 80 valence electrons. The predicted octanol–water partition coefficient (Wildman–Crippen LogP) is 2.24. The highest BCUT2D eigenvalue weighted by molar-refractivity contribution is 5.55. The number of nitrogens with one attached hydrogen (secondary N) is 1. The third-order valence-corrected chi connectivity index (χ3v) is 1.73. The minimum Gasteiger partial charge on any atom is -0.360 e. The maximum atomic E-state index is 11.9. The highest BCUT2D eigenvalue weighted by Crippen LogP contribution is 2.19. The Hall–Kier alpha value is -1.77. The van der Waals surface area contributed by atoms with Crippen molar-refractivity contribution in [2.75, 3.05) is 11.9 Å². The Morgan fingerprint density at radius 2 is 2.20 bits per heavy atom. The van der Waals surface area contributed by atoms with E-state index in [1.807, 2.05) is 6.07 Å². The van der Waals surface area contributed by atoms with E-state index in [2.05, 4.69) is 10.3 Å². The number of alkyl halides is 3. The molecule has 0 amide bonds. The molecule has 0 radical (unpaired) electrons. The lowest BCUT2D eigenvalue weighted by Crippen LogP contribution is -2.22. The first kappa shape index (κ1) is 11.3. The quantitative estimate of drug-likeness (QED) is 0.822. The number of hydrogen-bond acceptors (Lipinski definition) is 3. The van der Waals surface area contributed by atoms with E-state index in [0.29, 0.717) is 5.56 Å². The Morgan fingerprint density at radius 1 is 1.53 bits per heavy atom. The Bertz CT molecular complexity index is 393. The van der Waals surface area contributed by atoms with Gasteiger partial charge in [0.15, 0.2) is 0 Å². The van der Waals surface area contributed by atoms with Gasteiger partial charge < -0.3 is 5.32 Å². The molecule has 0 aromatic carbocycles. The van der Waals surface area contributed by atoms with Gasteiger partial charge in [-0.25, -0.2) is 4.98 Å². The van der Waals surface area contributed by atoms with Crippen LogP contribution < -0.4 is 5.32 Å². The van der Waals surface area contributed by atoms with E-state index < -0.39 is 12.7 Å². The van der Waals surface area contributed by atoms with Crippen LogP contribution in [0.1, 0.15) is 11.1 Å². The molecule has 0 saturated carbocycles. The molecule has 0 saturated heterocycles. The predicted molar refractivity (Wildman–Crippen MR) is 48.2 cm³/mol. The average Bonchev–Trinajstić information content (AvgIpc) is 2.13. The van der Waals surface area contributed by atoms with Crippen molar-refractivity contribution in [1.82, 2.24) is 4.98 Å². The molecular weight excluding hydrogens is 207 g/mol. The summed E-state index contributed by atoms with van der Waals surface area (Å²) in [5.41, 5.74) is 0.735. The molecule has 0 bridgehead atoms. The Kier molecular flexibility index (Phi) is 3.14. The van der Waals surface area contributed by atoms with E-state index in [0.717, 1.165) is 0 Å². The van der Waals surface area contributed by atoms with Crippen molar-refractivity contribution in [3.63, 3.8) is 0 Å². The molecule has 0 unspecified atom stereocenters. The molecule has 3 nitrogen and oxygen atoms in total. The Morgan fingerprint density at radius 3 is 2.73 bits per heavy atom. The lowest BCUT2D eigenvalue weighted by atomic mass is 10.1. The van der Waals surface area contributed by atoms with Crippen molar-refractivity contribution in [3.8, 4) is 6.07 Å². The van der Waals surface area contributed by atoms with Crippen LogP contribution in [0.4, 0.5) is 19.0 Å². The van der Waals surface area contributed by atoms with Crippen molar-refractivity contribution >= 4 is 5.82 Å². The first-order chi connectivity index (χ1) is 6.94. The lowest BCUT2D eigenvalue weighted by molar-refractivity contribution is -0.115. The van der Waals surface area contributed by atoms with Crippen LogP contribution >= 0.6 is 0 Å². The zero-order valence-corrected chi connectivity index (χ0v) is 7.89. The molecule has 0 fully saturated rings. The summed E-state index contributed by atoms with van der Waals surface area (Å²) in [5, 5.41) is 10.8. The molecule has 1 heterocycles. The fourth-order valence-electron chi connectivity index (χ4n) is 1.02. The summed E-state index contributed by atoms with van der Waals surface area (Å²) in [6, 6.07) is 3.37. The molecule has 6 heteroatoms. The highest BCUT2D eigenvalue weighted by Gasteiger charge is 2.27. The van der Waals surface area contributed by atoms with E-state index >= 15 is 0 Å². The second kappa shape index (κ2) is 4.17. The summed E-state index contributed by atoms with van der Waals surface area (Å²) < 4.78 is 35.7. The number of hydrogen-bond donors (Lipinski definition) is 1. The number of anilines is 1. The van der Waals surface area contributed by atoms with Crippen LogP contribution in [0.15, 0.2) is 12.3 Å². The van der Waals surface area contributed by atoms with Crippen LogP contribution in [0.5, 0.6) is 0 Å². The summed E-state index contributed by atoms with van der Waals surface area (Å²) in [4.78, 5) is 3.68. The van der Waals surface area contributed by atoms with Gasteiger partial charge in [-0.05, 0) is 18.6 Å². The second-order valence-corrected chi connectivity index (χ2v) is 2.93. The van der Waals surface area contributed by atoms with Crippen molar-refractivity contribution in [3.05, 3.63) is 23.4 Å². The summed E-state index contributed by atoms with van der Waals surface area (Å²) in [7, 11) is 0. The normalized spacial score (nSPS) is 10.9. The van der Waals surface area contributed by atoms with Crippen LogP contribution in [0.3, 0.4) is 0 Å². The molecule has 1 aromatic heterocycles. The molecule has 15 heavy (non-hydrogen) atoms. The zero-order valence-electron chi connectivity index (χ0n) is 7.89. The van der Waals surface area contributed by atoms with Gasteiger partial charge in [-0.15, -0.1) is 0 Å². The van der Waals surface area contributed by atoms with Gasteiger partial charge in [0.25, 0.3) is 0 Å². The first-order valence-corrected chi connectivity index (χ1v) is 4.10. The van der Waals surface area contributed by atoms with Crippen molar-refractivity contribution in [2.45, 2.75) is 13.1 Å². The van der Waals surface area contributed by atoms with E-state index in [4.69, 9.17) is 5.26 Å². The van der Waals surface area contributed by atoms with E-state index in [1.54, 1.807) is 13.0 Å². The molecule has 1 N–H and O–H groups in total. The summed E-state index contributed by atoms with van der Waals surface area (Å²) in [6.07, 6.45) is -2.97. The standard InChI is InChI=1S/C9H8F3N3/c1-6-2-3-14-8(7(6)4-13)15-5-9(10,11)12/h2-3H,5H2,1H3,(H,14,15). The van der Waals surface area contributed by atoms with Gasteiger partial charge in [-0.3, -0.25) is 0 Å². The Balaban J connectivity index is 2.87. The van der Waals surface area contributed by atoms with Gasteiger partial charge in [-0.1, -0.05) is 0 Å². The van der Waals surface area contributed by atoms with Gasteiger partial charge in [0, 0.05) is 6.20 Å². The third-order valence-electron chi connectivity index (χ3n) is 1.73.